The quantitative estimate of drug-likeness (QED) is 0.794. The molecule has 2 rings (SSSR count). The van der Waals surface area contributed by atoms with Crippen LogP contribution in [0.15, 0.2) is 60.7 Å². The number of rotatable bonds is 5. The van der Waals surface area contributed by atoms with Crippen LogP contribution in [0.2, 0.25) is 0 Å². The van der Waals surface area contributed by atoms with E-state index in [1.807, 2.05) is 30.3 Å². The highest BCUT2D eigenvalue weighted by molar-refractivity contribution is 7.92. The number of benzene rings is 2. The van der Waals surface area contributed by atoms with Crippen LogP contribution in [0.5, 0.6) is 0 Å². The Hall–Kier alpha value is -1.94. The Balaban J connectivity index is 2.32. The summed E-state index contributed by atoms with van der Waals surface area (Å²) in [4.78, 5) is 12.4. The van der Waals surface area contributed by atoms with Crippen molar-refractivity contribution in [1.82, 2.24) is 0 Å². The highest BCUT2D eigenvalue weighted by Gasteiger charge is 2.29. The fourth-order valence-electron chi connectivity index (χ4n) is 2.05. The highest BCUT2D eigenvalue weighted by atomic mass is 32.2. The molecule has 0 radical (unpaired) electrons. The van der Waals surface area contributed by atoms with Crippen molar-refractivity contribution in [1.29, 1.82) is 0 Å². The third-order valence-corrected chi connectivity index (χ3v) is 4.55. The third-order valence-electron chi connectivity index (χ3n) is 3.13. The van der Waals surface area contributed by atoms with Gasteiger partial charge in [0, 0.05) is 11.8 Å². The van der Waals surface area contributed by atoms with Crippen LogP contribution in [-0.2, 0) is 16.3 Å². The summed E-state index contributed by atoms with van der Waals surface area (Å²) in [6.07, 6.45) is 1.31. The summed E-state index contributed by atoms with van der Waals surface area (Å²) in [6.45, 7) is 0. The normalized spacial score (nSPS) is 12.8. The molecule has 0 saturated heterocycles. The lowest BCUT2D eigenvalue weighted by Gasteiger charge is -2.14. The van der Waals surface area contributed by atoms with Crippen LogP contribution in [0.1, 0.15) is 15.9 Å². The predicted molar refractivity (Wildman–Crippen MR) is 79.6 cm³/mol. The molecule has 0 aromatic heterocycles. The molecule has 2 aromatic rings. The predicted octanol–water partition coefficient (Wildman–Crippen LogP) is 2.53. The van der Waals surface area contributed by atoms with E-state index < -0.39 is 15.1 Å². The summed E-state index contributed by atoms with van der Waals surface area (Å²) in [5.41, 5.74) is 1.27. The molecule has 1 atom stereocenters. The number of ketones is 1. The van der Waals surface area contributed by atoms with Gasteiger partial charge in [-0.2, -0.15) is 0 Å². The van der Waals surface area contributed by atoms with Crippen LogP contribution < -0.4 is 0 Å². The number of carbonyl (C=O) groups excluding carboxylic acids is 1. The fourth-order valence-corrected chi connectivity index (χ4v) is 3.08. The van der Waals surface area contributed by atoms with Gasteiger partial charge in [0.1, 0.15) is 5.25 Å². The maximum absolute atomic E-state index is 12.4. The van der Waals surface area contributed by atoms with E-state index in [1.165, 1.54) is 0 Å². The van der Waals surface area contributed by atoms with Crippen LogP contribution in [0.4, 0.5) is 0 Å². The van der Waals surface area contributed by atoms with Crippen molar-refractivity contribution in [2.45, 2.75) is 11.7 Å². The van der Waals surface area contributed by atoms with Crippen molar-refractivity contribution < 1.29 is 13.2 Å². The minimum absolute atomic E-state index is 0.202. The molecule has 4 heteroatoms. The second-order valence-corrected chi connectivity index (χ2v) is 6.97. The lowest BCUT2D eigenvalue weighted by Crippen LogP contribution is -2.31. The van der Waals surface area contributed by atoms with Gasteiger partial charge in [0.05, 0.1) is 0 Å². The summed E-state index contributed by atoms with van der Waals surface area (Å²) in [5, 5.41) is -1.03. The zero-order chi connectivity index (χ0) is 14.6. The lowest BCUT2D eigenvalue weighted by molar-refractivity contribution is 0.0986. The molecule has 0 amide bonds. The van der Waals surface area contributed by atoms with Gasteiger partial charge in [0.25, 0.3) is 0 Å². The molecule has 0 aliphatic carbocycles. The molecule has 104 valence electrons. The van der Waals surface area contributed by atoms with E-state index in [-0.39, 0.29) is 12.2 Å². The van der Waals surface area contributed by atoms with Gasteiger partial charge in [-0.1, -0.05) is 60.7 Å². The summed E-state index contributed by atoms with van der Waals surface area (Å²) in [7, 11) is -3.46. The molecule has 0 spiro atoms. The summed E-state index contributed by atoms with van der Waals surface area (Å²) in [6, 6.07) is 17.7. The first kappa shape index (κ1) is 14.5. The Morgan fingerprint density at radius 1 is 0.950 bits per heavy atom. The van der Waals surface area contributed by atoms with E-state index in [1.54, 1.807) is 30.3 Å². The van der Waals surface area contributed by atoms with E-state index in [0.717, 1.165) is 11.8 Å². The Kier molecular flexibility index (Phi) is 4.35. The molecule has 0 N–H and O–H groups in total. The Morgan fingerprint density at radius 3 is 1.95 bits per heavy atom. The zero-order valence-electron chi connectivity index (χ0n) is 11.2. The van der Waals surface area contributed by atoms with E-state index >= 15 is 0 Å². The monoisotopic (exact) mass is 288 g/mol. The summed E-state index contributed by atoms with van der Waals surface area (Å²) < 4.78 is 23.9. The second-order valence-electron chi connectivity index (χ2n) is 4.74. The standard InChI is InChI=1S/C16H16O3S/c1-20(18,19)15(12-13-8-4-2-5-9-13)16(17)14-10-6-3-7-11-14/h2-11,15H,12H2,1H3/t15-/m0/s1. The first-order valence-corrected chi connectivity index (χ1v) is 8.26. The van der Waals surface area contributed by atoms with Gasteiger partial charge in [-0.25, -0.2) is 8.42 Å². The van der Waals surface area contributed by atoms with Crippen LogP contribution in [0.3, 0.4) is 0 Å². The number of carbonyl (C=O) groups is 1. The van der Waals surface area contributed by atoms with Gasteiger partial charge in [0.2, 0.25) is 0 Å². The average Bonchev–Trinajstić information content (AvgIpc) is 2.45. The van der Waals surface area contributed by atoms with E-state index in [2.05, 4.69) is 0 Å². The average molecular weight is 288 g/mol. The molecular formula is C16H16O3S. The van der Waals surface area contributed by atoms with Crippen molar-refractivity contribution in [3.63, 3.8) is 0 Å². The number of Topliss-reactive ketones (excluding diaryl/α,β-unsaturated/α-hetero) is 1. The smallest absolute Gasteiger partial charge is 0.181 e. The molecular weight excluding hydrogens is 272 g/mol. The number of sulfone groups is 1. The molecule has 0 bridgehead atoms. The summed E-state index contributed by atoms with van der Waals surface area (Å²) >= 11 is 0. The van der Waals surface area contributed by atoms with Crippen LogP contribution in [0.25, 0.3) is 0 Å². The van der Waals surface area contributed by atoms with E-state index in [9.17, 15) is 13.2 Å². The molecule has 0 fully saturated rings. The SMILES string of the molecule is CS(=O)(=O)[C@@H](Cc1ccccc1)C(=O)c1ccccc1. The molecule has 0 unspecified atom stereocenters. The van der Waals surface area contributed by atoms with Crippen molar-refractivity contribution in [2.75, 3.05) is 6.26 Å². The molecule has 3 nitrogen and oxygen atoms in total. The van der Waals surface area contributed by atoms with Gasteiger partial charge in [-0.15, -0.1) is 0 Å². The Morgan fingerprint density at radius 2 is 1.45 bits per heavy atom. The topological polar surface area (TPSA) is 51.2 Å². The van der Waals surface area contributed by atoms with Crippen LogP contribution >= 0.6 is 0 Å². The first-order valence-electron chi connectivity index (χ1n) is 6.30. The largest absolute Gasteiger partial charge is 0.293 e. The first-order chi connectivity index (χ1) is 9.48. The van der Waals surface area contributed by atoms with Crippen molar-refractivity contribution in [3.05, 3.63) is 71.8 Å². The molecule has 2 aromatic carbocycles. The molecule has 0 heterocycles. The van der Waals surface area contributed by atoms with Gasteiger partial charge in [-0.3, -0.25) is 4.79 Å². The lowest BCUT2D eigenvalue weighted by atomic mass is 10.0. The zero-order valence-corrected chi connectivity index (χ0v) is 12.0. The van der Waals surface area contributed by atoms with E-state index in [0.29, 0.717) is 5.56 Å². The van der Waals surface area contributed by atoms with Gasteiger partial charge >= 0.3 is 0 Å². The van der Waals surface area contributed by atoms with Crippen LogP contribution in [0, 0.1) is 0 Å². The fraction of sp³-hybridized carbons (Fsp3) is 0.188. The van der Waals surface area contributed by atoms with Gasteiger partial charge in [-0.05, 0) is 12.0 Å². The molecule has 20 heavy (non-hydrogen) atoms. The Labute approximate surface area is 119 Å². The summed E-state index contributed by atoms with van der Waals surface area (Å²) in [5.74, 6) is -0.350. The maximum Gasteiger partial charge on any atom is 0.181 e. The number of hydrogen-bond acceptors (Lipinski definition) is 3. The molecule has 0 aliphatic rings. The van der Waals surface area contributed by atoms with Crippen molar-refractivity contribution in [2.24, 2.45) is 0 Å². The third kappa shape index (κ3) is 3.54. The number of hydrogen-bond donors (Lipinski definition) is 0. The van der Waals surface area contributed by atoms with E-state index in [4.69, 9.17) is 0 Å². The highest BCUT2D eigenvalue weighted by Crippen LogP contribution is 2.15. The minimum atomic E-state index is -3.46. The molecule has 0 aliphatic heterocycles. The van der Waals surface area contributed by atoms with Crippen LogP contribution in [-0.4, -0.2) is 25.7 Å². The minimum Gasteiger partial charge on any atom is -0.293 e. The van der Waals surface area contributed by atoms with Gasteiger partial charge in [0.15, 0.2) is 15.6 Å². The maximum atomic E-state index is 12.4. The Bertz CT molecular complexity index is 676. The van der Waals surface area contributed by atoms with Crippen molar-refractivity contribution in [3.8, 4) is 0 Å². The molecule has 0 saturated carbocycles. The second kappa shape index (κ2) is 6.01. The van der Waals surface area contributed by atoms with Gasteiger partial charge < -0.3 is 0 Å². The van der Waals surface area contributed by atoms with Crippen molar-refractivity contribution >= 4 is 15.6 Å².